The van der Waals surface area contributed by atoms with E-state index >= 15 is 0 Å². The number of carbonyl (C=O) groups is 1. The van der Waals surface area contributed by atoms with Crippen molar-refractivity contribution in [3.8, 4) is 11.3 Å². The molecule has 0 atom stereocenters. The van der Waals surface area contributed by atoms with Gasteiger partial charge in [-0.05, 0) is 36.2 Å². The smallest absolute Gasteiger partial charge is 0.152 e. The van der Waals surface area contributed by atoms with Crippen molar-refractivity contribution in [1.29, 1.82) is 0 Å². The molecule has 1 heterocycles. The molecule has 0 aliphatic heterocycles. The molecule has 1 aromatic heterocycles. The van der Waals surface area contributed by atoms with Crippen LogP contribution in [0.5, 0.6) is 0 Å². The molecule has 0 saturated carbocycles. The zero-order valence-corrected chi connectivity index (χ0v) is 10.2. The number of aldehydes is 1. The Hall–Kier alpha value is -1.67. The molecule has 86 valence electrons. The van der Waals surface area contributed by atoms with Gasteiger partial charge in [0.2, 0.25) is 0 Å². The van der Waals surface area contributed by atoms with Crippen LogP contribution in [0.3, 0.4) is 0 Å². The summed E-state index contributed by atoms with van der Waals surface area (Å²) in [5, 5.41) is 0.615. The molecule has 0 unspecified atom stereocenters. The first-order valence-corrected chi connectivity index (χ1v) is 5.83. The minimum absolute atomic E-state index is 0.558. The number of carbonyl (C=O) groups excluding carboxylic acids is 1. The van der Waals surface area contributed by atoms with Gasteiger partial charge in [0.05, 0.1) is 5.69 Å². The van der Waals surface area contributed by atoms with Crippen LogP contribution in [0.25, 0.3) is 11.3 Å². The van der Waals surface area contributed by atoms with Crippen LogP contribution in [0.2, 0.25) is 5.02 Å². The number of nitrogens with zero attached hydrogens (tertiary/aromatic N) is 1. The van der Waals surface area contributed by atoms with Gasteiger partial charge in [-0.25, -0.2) is 0 Å². The van der Waals surface area contributed by atoms with E-state index in [4.69, 9.17) is 11.6 Å². The summed E-state index contributed by atoms with van der Waals surface area (Å²) in [6.45, 7) is 2.08. The molecule has 0 aliphatic rings. The predicted molar refractivity (Wildman–Crippen MR) is 69.4 cm³/mol. The lowest BCUT2D eigenvalue weighted by atomic mass is 10.0. The van der Waals surface area contributed by atoms with Crippen molar-refractivity contribution in [2.45, 2.75) is 13.3 Å². The van der Waals surface area contributed by atoms with E-state index in [2.05, 4.69) is 11.9 Å². The zero-order valence-electron chi connectivity index (χ0n) is 9.48. The fourth-order valence-electron chi connectivity index (χ4n) is 1.71. The second-order valence-electron chi connectivity index (χ2n) is 3.73. The highest BCUT2D eigenvalue weighted by Crippen LogP contribution is 2.29. The fraction of sp³-hybridized carbons (Fsp3) is 0.143. The van der Waals surface area contributed by atoms with Crippen LogP contribution in [-0.4, -0.2) is 11.3 Å². The standard InChI is InChI=1S/C14H12ClNO/c1-2-10-5-6-13(15)12(8-10)14-11(9-17)4-3-7-16-14/h3-9H,2H2,1H3. The summed E-state index contributed by atoms with van der Waals surface area (Å²) in [7, 11) is 0. The highest BCUT2D eigenvalue weighted by atomic mass is 35.5. The number of pyridine rings is 1. The van der Waals surface area contributed by atoms with Crippen molar-refractivity contribution in [2.24, 2.45) is 0 Å². The minimum Gasteiger partial charge on any atom is -0.298 e. The lowest BCUT2D eigenvalue weighted by Crippen LogP contribution is -1.93. The van der Waals surface area contributed by atoms with Gasteiger partial charge in [0, 0.05) is 22.3 Å². The summed E-state index contributed by atoms with van der Waals surface area (Å²) in [6, 6.07) is 9.29. The van der Waals surface area contributed by atoms with Crippen LogP contribution in [0.15, 0.2) is 36.5 Å². The van der Waals surface area contributed by atoms with Crippen molar-refractivity contribution >= 4 is 17.9 Å². The predicted octanol–water partition coefficient (Wildman–Crippen LogP) is 3.78. The Morgan fingerprint density at radius 1 is 1.35 bits per heavy atom. The summed E-state index contributed by atoms with van der Waals surface area (Å²) < 4.78 is 0. The van der Waals surface area contributed by atoms with Crippen LogP contribution >= 0.6 is 11.6 Å². The van der Waals surface area contributed by atoms with Crippen LogP contribution in [0.1, 0.15) is 22.8 Å². The van der Waals surface area contributed by atoms with Gasteiger partial charge < -0.3 is 0 Å². The van der Waals surface area contributed by atoms with E-state index in [1.54, 1.807) is 18.3 Å². The van der Waals surface area contributed by atoms with Gasteiger partial charge in [0.1, 0.15) is 0 Å². The van der Waals surface area contributed by atoms with Crippen molar-refractivity contribution in [2.75, 3.05) is 0 Å². The van der Waals surface area contributed by atoms with Crippen LogP contribution in [0, 0.1) is 0 Å². The molecule has 0 bridgehead atoms. The maximum absolute atomic E-state index is 11.0. The summed E-state index contributed by atoms with van der Waals surface area (Å²) in [4.78, 5) is 15.2. The molecule has 0 aliphatic carbocycles. The Morgan fingerprint density at radius 3 is 2.88 bits per heavy atom. The number of benzene rings is 1. The van der Waals surface area contributed by atoms with Crippen molar-refractivity contribution in [3.63, 3.8) is 0 Å². The van der Waals surface area contributed by atoms with E-state index < -0.39 is 0 Å². The van der Waals surface area contributed by atoms with E-state index in [0.29, 0.717) is 16.3 Å². The third-order valence-corrected chi connectivity index (χ3v) is 2.99. The third kappa shape index (κ3) is 2.37. The summed E-state index contributed by atoms with van der Waals surface area (Å²) in [6.07, 6.45) is 3.39. The van der Waals surface area contributed by atoms with E-state index in [1.807, 2.05) is 18.2 Å². The molecule has 0 spiro atoms. The van der Waals surface area contributed by atoms with Gasteiger partial charge in [-0.3, -0.25) is 9.78 Å². The molecule has 2 rings (SSSR count). The largest absolute Gasteiger partial charge is 0.298 e. The average Bonchev–Trinajstić information content (AvgIpc) is 2.39. The van der Waals surface area contributed by atoms with Gasteiger partial charge in [0.15, 0.2) is 6.29 Å². The maximum atomic E-state index is 11.0. The molecule has 0 N–H and O–H groups in total. The van der Waals surface area contributed by atoms with Gasteiger partial charge in [-0.2, -0.15) is 0 Å². The van der Waals surface area contributed by atoms with E-state index in [1.165, 1.54) is 5.56 Å². The molecule has 0 amide bonds. The number of rotatable bonds is 3. The zero-order chi connectivity index (χ0) is 12.3. The van der Waals surface area contributed by atoms with Gasteiger partial charge >= 0.3 is 0 Å². The van der Waals surface area contributed by atoms with Gasteiger partial charge in [-0.1, -0.05) is 24.6 Å². The number of hydrogen-bond donors (Lipinski definition) is 0. The van der Waals surface area contributed by atoms with Crippen molar-refractivity contribution in [3.05, 3.63) is 52.7 Å². The molecular weight excluding hydrogens is 234 g/mol. The summed E-state index contributed by atoms with van der Waals surface area (Å²) >= 11 is 6.16. The van der Waals surface area contributed by atoms with Gasteiger partial charge in [0.25, 0.3) is 0 Å². The number of halogens is 1. The number of hydrogen-bond acceptors (Lipinski definition) is 2. The van der Waals surface area contributed by atoms with Crippen molar-refractivity contribution in [1.82, 2.24) is 4.98 Å². The van der Waals surface area contributed by atoms with E-state index in [0.717, 1.165) is 18.3 Å². The Kier molecular flexibility index (Phi) is 3.55. The molecule has 0 fully saturated rings. The lowest BCUT2D eigenvalue weighted by Gasteiger charge is -2.07. The SMILES string of the molecule is CCc1ccc(Cl)c(-c2ncccc2C=O)c1. The topological polar surface area (TPSA) is 30.0 Å². The molecule has 1 aromatic carbocycles. The molecular formula is C14H12ClNO. The van der Waals surface area contributed by atoms with Crippen LogP contribution in [-0.2, 0) is 6.42 Å². The highest BCUT2D eigenvalue weighted by Gasteiger charge is 2.09. The quantitative estimate of drug-likeness (QED) is 0.771. The minimum atomic E-state index is 0.558. The molecule has 3 heteroatoms. The molecule has 2 nitrogen and oxygen atoms in total. The first-order chi connectivity index (χ1) is 8.26. The second-order valence-corrected chi connectivity index (χ2v) is 4.13. The molecule has 17 heavy (non-hydrogen) atoms. The van der Waals surface area contributed by atoms with E-state index in [9.17, 15) is 4.79 Å². The van der Waals surface area contributed by atoms with Crippen LogP contribution < -0.4 is 0 Å². The summed E-state index contributed by atoms with van der Waals surface area (Å²) in [5.41, 5.74) is 3.19. The van der Waals surface area contributed by atoms with E-state index in [-0.39, 0.29) is 0 Å². The van der Waals surface area contributed by atoms with Crippen molar-refractivity contribution < 1.29 is 4.79 Å². The lowest BCUT2D eigenvalue weighted by molar-refractivity contribution is 0.112. The number of aryl methyl sites for hydroxylation is 1. The second kappa shape index (κ2) is 5.11. The normalized spacial score (nSPS) is 10.2. The molecule has 0 radical (unpaired) electrons. The fourth-order valence-corrected chi connectivity index (χ4v) is 1.92. The first-order valence-electron chi connectivity index (χ1n) is 5.45. The molecule has 2 aromatic rings. The maximum Gasteiger partial charge on any atom is 0.152 e. The monoisotopic (exact) mass is 245 g/mol. The van der Waals surface area contributed by atoms with Crippen LogP contribution in [0.4, 0.5) is 0 Å². The Labute approximate surface area is 105 Å². The highest BCUT2D eigenvalue weighted by molar-refractivity contribution is 6.33. The Balaban J connectivity index is 2.62. The summed E-state index contributed by atoms with van der Waals surface area (Å²) in [5.74, 6) is 0. The first kappa shape index (κ1) is 11.8. The third-order valence-electron chi connectivity index (χ3n) is 2.66. The average molecular weight is 246 g/mol. The Bertz CT molecular complexity index is 552. The Morgan fingerprint density at radius 2 is 2.18 bits per heavy atom. The molecule has 0 saturated heterocycles. The number of aromatic nitrogens is 1. The van der Waals surface area contributed by atoms with Gasteiger partial charge in [-0.15, -0.1) is 0 Å².